The number of rotatable bonds is 4. The van der Waals surface area contributed by atoms with Crippen LogP contribution in [0.5, 0.6) is 0 Å². The average molecular weight is 241 g/mol. The molecule has 0 amide bonds. The summed E-state index contributed by atoms with van der Waals surface area (Å²) >= 11 is 0. The van der Waals surface area contributed by atoms with E-state index >= 15 is 0 Å². The molecule has 0 bridgehead atoms. The maximum absolute atomic E-state index is 13.4. The van der Waals surface area contributed by atoms with Crippen molar-refractivity contribution in [1.82, 2.24) is 0 Å². The van der Waals surface area contributed by atoms with Gasteiger partial charge in [0, 0.05) is 11.7 Å². The number of carbonyl (C=O) groups is 1. The highest BCUT2D eigenvalue weighted by molar-refractivity contribution is 5.88. The Morgan fingerprint density at radius 2 is 1.94 bits per heavy atom. The Hall–Kier alpha value is -1.65. The van der Waals surface area contributed by atoms with Gasteiger partial charge in [-0.1, -0.05) is 0 Å². The van der Waals surface area contributed by atoms with E-state index in [-0.39, 0.29) is 11.7 Å². The highest BCUT2D eigenvalue weighted by atomic mass is 19.1. The summed E-state index contributed by atoms with van der Waals surface area (Å²) in [5.74, 6) is -3.16. The van der Waals surface area contributed by atoms with Crippen molar-refractivity contribution in [2.45, 2.75) is 25.8 Å². The molecule has 2 N–H and O–H groups in total. The van der Waals surface area contributed by atoms with E-state index in [2.05, 4.69) is 5.32 Å². The highest BCUT2D eigenvalue weighted by Gasteiger charge is 2.28. The van der Waals surface area contributed by atoms with Crippen molar-refractivity contribution in [2.24, 2.45) is 5.92 Å². The van der Waals surface area contributed by atoms with Crippen LogP contribution in [0, 0.1) is 17.6 Å². The lowest BCUT2D eigenvalue weighted by molar-refractivity contribution is 0.0686. The molecule has 0 radical (unpaired) electrons. The van der Waals surface area contributed by atoms with Gasteiger partial charge in [0.15, 0.2) is 0 Å². The van der Waals surface area contributed by atoms with E-state index in [0.717, 1.165) is 25.0 Å². The Kier molecular flexibility index (Phi) is 3.00. The van der Waals surface area contributed by atoms with Gasteiger partial charge in [-0.05, 0) is 37.8 Å². The molecule has 1 saturated carbocycles. The fraction of sp³-hybridized carbons (Fsp3) is 0.417. The third kappa shape index (κ3) is 2.54. The second-order valence-corrected chi connectivity index (χ2v) is 4.39. The quantitative estimate of drug-likeness (QED) is 0.852. The van der Waals surface area contributed by atoms with Gasteiger partial charge < -0.3 is 10.4 Å². The van der Waals surface area contributed by atoms with Crippen molar-refractivity contribution in [3.63, 3.8) is 0 Å². The Balaban J connectivity index is 2.22. The van der Waals surface area contributed by atoms with Crippen LogP contribution in [0.15, 0.2) is 12.1 Å². The summed E-state index contributed by atoms with van der Waals surface area (Å²) in [6.07, 6.45) is 2.23. The normalized spacial score (nSPS) is 16.6. The molecule has 1 atom stereocenters. The summed E-state index contributed by atoms with van der Waals surface area (Å²) in [6, 6.07) is 2.18. The molecular formula is C12H13F2NO2. The van der Waals surface area contributed by atoms with Crippen molar-refractivity contribution < 1.29 is 18.7 Å². The largest absolute Gasteiger partial charge is 0.477 e. The molecule has 1 aromatic carbocycles. The van der Waals surface area contributed by atoms with Crippen molar-refractivity contribution in [1.29, 1.82) is 0 Å². The molecule has 0 aromatic heterocycles. The summed E-state index contributed by atoms with van der Waals surface area (Å²) in [5, 5.41) is 11.6. The molecule has 1 aliphatic rings. The third-order valence-corrected chi connectivity index (χ3v) is 2.98. The molecule has 1 aliphatic carbocycles. The van der Waals surface area contributed by atoms with Gasteiger partial charge in [-0.25, -0.2) is 13.6 Å². The van der Waals surface area contributed by atoms with Crippen LogP contribution in [0.1, 0.15) is 30.1 Å². The molecule has 1 fully saturated rings. The highest BCUT2D eigenvalue weighted by Crippen LogP contribution is 2.34. The number of anilines is 1. The summed E-state index contributed by atoms with van der Waals surface area (Å²) in [6.45, 7) is 1.94. The fourth-order valence-corrected chi connectivity index (χ4v) is 1.84. The van der Waals surface area contributed by atoms with Gasteiger partial charge in [-0.3, -0.25) is 0 Å². The van der Waals surface area contributed by atoms with Crippen LogP contribution in [0.4, 0.5) is 14.5 Å². The molecule has 3 nitrogen and oxygen atoms in total. The summed E-state index contributed by atoms with van der Waals surface area (Å²) in [7, 11) is 0. The third-order valence-electron chi connectivity index (χ3n) is 2.98. The first-order valence-corrected chi connectivity index (χ1v) is 5.48. The molecule has 0 aliphatic heterocycles. The summed E-state index contributed by atoms with van der Waals surface area (Å²) in [5.41, 5.74) is -0.626. The van der Waals surface area contributed by atoms with Crippen LogP contribution in [0.2, 0.25) is 0 Å². The summed E-state index contributed by atoms with van der Waals surface area (Å²) < 4.78 is 26.7. The minimum Gasteiger partial charge on any atom is -0.477 e. The molecular weight excluding hydrogens is 228 g/mol. The zero-order valence-corrected chi connectivity index (χ0v) is 9.34. The first kappa shape index (κ1) is 11.8. The van der Waals surface area contributed by atoms with E-state index < -0.39 is 23.2 Å². The number of halogens is 2. The van der Waals surface area contributed by atoms with Gasteiger partial charge in [0.05, 0.1) is 0 Å². The molecule has 1 unspecified atom stereocenters. The van der Waals surface area contributed by atoms with E-state index in [1.807, 2.05) is 6.92 Å². The maximum Gasteiger partial charge on any atom is 0.341 e. The van der Waals surface area contributed by atoms with E-state index in [0.29, 0.717) is 5.92 Å². The van der Waals surface area contributed by atoms with Crippen LogP contribution in [-0.4, -0.2) is 17.1 Å². The van der Waals surface area contributed by atoms with Crippen LogP contribution in [0.3, 0.4) is 0 Å². The zero-order valence-electron chi connectivity index (χ0n) is 9.34. The molecule has 0 saturated heterocycles. The van der Waals surface area contributed by atoms with Gasteiger partial charge in [0.1, 0.15) is 17.2 Å². The van der Waals surface area contributed by atoms with Crippen LogP contribution >= 0.6 is 0 Å². The number of benzene rings is 1. The number of nitrogens with one attached hydrogen (secondary N) is 1. The lowest BCUT2D eigenvalue weighted by Gasteiger charge is -2.15. The predicted molar refractivity (Wildman–Crippen MR) is 59.1 cm³/mol. The van der Waals surface area contributed by atoms with Gasteiger partial charge >= 0.3 is 5.97 Å². The van der Waals surface area contributed by atoms with Crippen molar-refractivity contribution >= 4 is 11.7 Å². The predicted octanol–water partition coefficient (Wildman–Crippen LogP) is 2.87. The fourth-order valence-electron chi connectivity index (χ4n) is 1.84. The van der Waals surface area contributed by atoms with Gasteiger partial charge in [-0.15, -0.1) is 0 Å². The number of carboxylic acid groups (broad SMARTS) is 1. The Morgan fingerprint density at radius 3 is 2.35 bits per heavy atom. The minimum absolute atomic E-state index is 0.143. The van der Waals surface area contributed by atoms with E-state index in [1.165, 1.54) is 0 Å². The van der Waals surface area contributed by atoms with E-state index in [9.17, 15) is 13.6 Å². The smallest absolute Gasteiger partial charge is 0.341 e. The molecule has 5 heteroatoms. The average Bonchev–Trinajstić information content (AvgIpc) is 2.97. The van der Waals surface area contributed by atoms with E-state index in [4.69, 9.17) is 5.11 Å². The molecule has 0 spiro atoms. The molecule has 1 aromatic rings. The summed E-state index contributed by atoms with van der Waals surface area (Å²) in [4.78, 5) is 10.6. The molecule has 0 heterocycles. The van der Waals surface area contributed by atoms with Crippen LogP contribution in [-0.2, 0) is 0 Å². The van der Waals surface area contributed by atoms with Gasteiger partial charge in [0.25, 0.3) is 0 Å². The van der Waals surface area contributed by atoms with Crippen molar-refractivity contribution in [3.05, 3.63) is 29.3 Å². The zero-order chi connectivity index (χ0) is 12.6. The Labute approximate surface area is 97.5 Å². The lowest BCUT2D eigenvalue weighted by atomic mass is 10.1. The number of aromatic carboxylic acids is 1. The number of carboxylic acids is 1. The Morgan fingerprint density at radius 1 is 1.41 bits per heavy atom. The molecule has 17 heavy (non-hydrogen) atoms. The number of hydrogen-bond donors (Lipinski definition) is 2. The lowest BCUT2D eigenvalue weighted by Crippen LogP contribution is -2.18. The SMILES string of the molecule is CC(Nc1cc(F)c(C(=O)O)c(F)c1)C1CC1. The van der Waals surface area contributed by atoms with E-state index in [1.54, 1.807) is 0 Å². The first-order valence-electron chi connectivity index (χ1n) is 5.48. The first-order chi connectivity index (χ1) is 7.99. The monoisotopic (exact) mass is 241 g/mol. The minimum atomic E-state index is -1.60. The van der Waals surface area contributed by atoms with Crippen molar-refractivity contribution in [2.75, 3.05) is 5.32 Å². The van der Waals surface area contributed by atoms with Crippen LogP contribution in [0.25, 0.3) is 0 Å². The van der Waals surface area contributed by atoms with Crippen molar-refractivity contribution in [3.8, 4) is 0 Å². The van der Waals surface area contributed by atoms with Gasteiger partial charge in [0.2, 0.25) is 0 Å². The van der Waals surface area contributed by atoms with Gasteiger partial charge in [-0.2, -0.15) is 0 Å². The number of hydrogen-bond acceptors (Lipinski definition) is 2. The topological polar surface area (TPSA) is 49.3 Å². The Bertz CT molecular complexity index is 435. The molecule has 92 valence electrons. The maximum atomic E-state index is 13.4. The second kappa shape index (κ2) is 4.31. The molecule has 2 rings (SSSR count). The second-order valence-electron chi connectivity index (χ2n) is 4.39. The van der Waals surface area contributed by atoms with Crippen LogP contribution < -0.4 is 5.32 Å². The standard InChI is InChI=1S/C12H13F2NO2/c1-6(7-2-3-7)15-8-4-9(13)11(12(16)17)10(14)5-8/h4-7,15H,2-3H2,1H3,(H,16,17).